The molecule has 0 aliphatic carbocycles. The van der Waals surface area contributed by atoms with Crippen molar-refractivity contribution < 1.29 is 19.1 Å². The van der Waals surface area contributed by atoms with Crippen LogP contribution in [0.1, 0.15) is 24.0 Å². The third-order valence-electron chi connectivity index (χ3n) is 7.57. The summed E-state index contributed by atoms with van der Waals surface area (Å²) in [6.07, 6.45) is 1.22. The van der Waals surface area contributed by atoms with E-state index < -0.39 is 5.54 Å². The molecule has 3 aromatic rings. The number of urea groups is 1. The van der Waals surface area contributed by atoms with Crippen molar-refractivity contribution in [1.82, 2.24) is 14.7 Å². The lowest BCUT2D eigenvalue weighted by molar-refractivity contribution is -0.136. The number of ether oxygens (including phenoxy) is 2. The number of nitrogens with zero attached hydrogens (tertiary/aromatic N) is 3. The quantitative estimate of drug-likeness (QED) is 0.444. The van der Waals surface area contributed by atoms with Crippen molar-refractivity contribution in [3.8, 4) is 5.75 Å². The Bertz CT molecular complexity index is 1250. The number of carbonyl (C=O) groups is 2. The molecule has 188 valence electrons. The summed E-state index contributed by atoms with van der Waals surface area (Å²) in [5, 5.41) is 2.17. The van der Waals surface area contributed by atoms with Gasteiger partial charge in [0.2, 0.25) is 0 Å². The minimum atomic E-state index is -0.814. The molecule has 2 aliphatic heterocycles. The standard InChI is InChI=1S/C29H33N3O4/c1-35-18-17-32-28(34)31(21-24-10-6-9-23-8-3-4-12-26(23)24)27(33)29(32)13-15-30(16-14-29)20-22-7-5-11-25(19-22)36-2/h3-12,19H,13-18,20-21H2,1-2H3. The Morgan fingerprint density at radius 2 is 1.64 bits per heavy atom. The molecular weight excluding hydrogens is 454 g/mol. The third-order valence-corrected chi connectivity index (χ3v) is 7.57. The first kappa shape index (κ1) is 24.3. The van der Waals surface area contributed by atoms with Gasteiger partial charge in [0.25, 0.3) is 5.91 Å². The molecule has 5 rings (SSSR count). The fourth-order valence-corrected chi connectivity index (χ4v) is 5.61. The number of imide groups is 1. The van der Waals surface area contributed by atoms with E-state index in [2.05, 4.69) is 23.1 Å². The molecule has 0 radical (unpaired) electrons. The van der Waals surface area contributed by atoms with Gasteiger partial charge in [-0.1, -0.05) is 54.6 Å². The van der Waals surface area contributed by atoms with Gasteiger partial charge < -0.3 is 14.4 Å². The summed E-state index contributed by atoms with van der Waals surface area (Å²) in [5.74, 6) is 0.755. The maximum absolute atomic E-state index is 13.9. The fraction of sp³-hybridized carbons (Fsp3) is 0.379. The van der Waals surface area contributed by atoms with E-state index in [1.807, 2.05) is 48.5 Å². The zero-order chi connectivity index (χ0) is 25.1. The lowest BCUT2D eigenvalue weighted by Gasteiger charge is -2.42. The monoisotopic (exact) mass is 487 g/mol. The minimum absolute atomic E-state index is 0.0856. The first-order chi connectivity index (χ1) is 17.6. The van der Waals surface area contributed by atoms with E-state index >= 15 is 0 Å². The molecule has 2 aliphatic rings. The number of methoxy groups -OCH3 is 2. The summed E-state index contributed by atoms with van der Waals surface area (Å²) in [6, 6.07) is 22.0. The highest BCUT2D eigenvalue weighted by Crippen LogP contribution is 2.38. The first-order valence-corrected chi connectivity index (χ1v) is 12.5. The third kappa shape index (κ3) is 4.45. The number of piperidine rings is 1. The predicted octanol–water partition coefficient (Wildman–Crippen LogP) is 4.29. The number of rotatable bonds is 8. The van der Waals surface area contributed by atoms with Crippen LogP contribution in [-0.4, -0.2) is 72.6 Å². The molecule has 1 spiro atoms. The largest absolute Gasteiger partial charge is 0.497 e. The van der Waals surface area contributed by atoms with Crippen molar-refractivity contribution in [3.63, 3.8) is 0 Å². The van der Waals surface area contributed by atoms with Gasteiger partial charge in [-0.05, 0) is 46.9 Å². The Morgan fingerprint density at radius 3 is 2.42 bits per heavy atom. The smallest absolute Gasteiger partial charge is 0.328 e. The molecule has 0 unspecified atom stereocenters. The minimum Gasteiger partial charge on any atom is -0.497 e. The van der Waals surface area contributed by atoms with Crippen LogP contribution in [0.4, 0.5) is 4.79 Å². The number of amides is 3. The zero-order valence-electron chi connectivity index (χ0n) is 21.0. The van der Waals surface area contributed by atoms with Gasteiger partial charge in [-0.2, -0.15) is 0 Å². The highest BCUT2D eigenvalue weighted by atomic mass is 16.5. The Morgan fingerprint density at radius 1 is 0.889 bits per heavy atom. The molecule has 0 atom stereocenters. The van der Waals surface area contributed by atoms with Crippen molar-refractivity contribution in [3.05, 3.63) is 77.9 Å². The highest BCUT2D eigenvalue weighted by molar-refractivity contribution is 6.07. The summed E-state index contributed by atoms with van der Waals surface area (Å²) in [7, 11) is 3.30. The summed E-state index contributed by atoms with van der Waals surface area (Å²) < 4.78 is 10.7. The summed E-state index contributed by atoms with van der Waals surface area (Å²) in [4.78, 5) is 33.1. The highest BCUT2D eigenvalue weighted by Gasteiger charge is 2.57. The van der Waals surface area contributed by atoms with Crippen molar-refractivity contribution in [2.45, 2.75) is 31.5 Å². The van der Waals surface area contributed by atoms with Gasteiger partial charge in [-0.3, -0.25) is 14.6 Å². The van der Waals surface area contributed by atoms with Gasteiger partial charge >= 0.3 is 6.03 Å². The second kappa shape index (κ2) is 10.3. The maximum Gasteiger partial charge on any atom is 0.328 e. The summed E-state index contributed by atoms with van der Waals surface area (Å²) >= 11 is 0. The van der Waals surface area contributed by atoms with Crippen LogP contribution in [0.25, 0.3) is 10.8 Å². The van der Waals surface area contributed by atoms with Crippen LogP contribution >= 0.6 is 0 Å². The van der Waals surface area contributed by atoms with Gasteiger partial charge in [0.1, 0.15) is 11.3 Å². The van der Waals surface area contributed by atoms with Crippen LogP contribution in [-0.2, 0) is 22.6 Å². The number of hydrogen-bond acceptors (Lipinski definition) is 5. The Balaban J connectivity index is 1.36. The van der Waals surface area contributed by atoms with Crippen molar-refractivity contribution in [2.75, 3.05) is 40.5 Å². The number of fused-ring (bicyclic) bond motifs is 1. The molecule has 2 heterocycles. The lowest BCUT2D eigenvalue weighted by Crippen LogP contribution is -2.57. The van der Waals surface area contributed by atoms with Crippen LogP contribution in [0.2, 0.25) is 0 Å². The molecule has 3 amide bonds. The van der Waals surface area contributed by atoms with E-state index in [4.69, 9.17) is 9.47 Å². The Labute approximate surface area is 212 Å². The van der Waals surface area contributed by atoms with Crippen LogP contribution in [0.15, 0.2) is 66.7 Å². The SMILES string of the molecule is COCCN1C(=O)N(Cc2cccc3ccccc23)C(=O)C12CCN(Cc1cccc(OC)c1)CC2. The van der Waals surface area contributed by atoms with Gasteiger partial charge in [0, 0.05) is 33.3 Å². The topological polar surface area (TPSA) is 62.3 Å². The van der Waals surface area contributed by atoms with Crippen LogP contribution < -0.4 is 4.74 Å². The molecule has 0 aromatic heterocycles. The Hall–Kier alpha value is -3.42. The number of carbonyl (C=O) groups excluding carboxylic acids is 2. The normalized spacial score (nSPS) is 17.9. The first-order valence-electron chi connectivity index (χ1n) is 12.5. The lowest BCUT2D eigenvalue weighted by atomic mass is 9.85. The van der Waals surface area contributed by atoms with E-state index in [0.29, 0.717) is 26.0 Å². The van der Waals surface area contributed by atoms with Gasteiger partial charge in [0.05, 0.1) is 20.3 Å². The van der Waals surface area contributed by atoms with E-state index in [1.54, 1.807) is 19.1 Å². The molecule has 2 fully saturated rings. The molecule has 7 heteroatoms. The summed E-state index contributed by atoms with van der Waals surface area (Å²) in [6.45, 7) is 3.34. The van der Waals surface area contributed by atoms with Crippen molar-refractivity contribution >= 4 is 22.7 Å². The van der Waals surface area contributed by atoms with Crippen molar-refractivity contribution in [1.29, 1.82) is 0 Å². The number of likely N-dealkylation sites (tertiary alicyclic amines) is 1. The molecule has 0 N–H and O–H groups in total. The van der Waals surface area contributed by atoms with E-state index in [0.717, 1.165) is 41.7 Å². The maximum atomic E-state index is 13.9. The fourth-order valence-electron chi connectivity index (χ4n) is 5.61. The van der Waals surface area contributed by atoms with E-state index in [9.17, 15) is 9.59 Å². The number of hydrogen-bond donors (Lipinski definition) is 0. The van der Waals surface area contributed by atoms with Crippen LogP contribution in [0.5, 0.6) is 5.75 Å². The van der Waals surface area contributed by atoms with Gasteiger partial charge in [-0.25, -0.2) is 4.79 Å². The van der Waals surface area contributed by atoms with Gasteiger partial charge in [-0.15, -0.1) is 0 Å². The zero-order valence-corrected chi connectivity index (χ0v) is 21.0. The molecule has 2 saturated heterocycles. The van der Waals surface area contributed by atoms with Gasteiger partial charge in [0.15, 0.2) is 0 Å². The molecule has 3 aromatic carbocycles. The molecule has 0 bridgehead atoms. The average molecular weight is 488 g/mol. The average Bonchev–Trinajstić information content (AvgIpc) is 3.10. The second-order valence-corrected chi connectivity index (χ2v) is 9.62. The van der Waals surface area contributed by atoms with E-state index in [1.165, 1.54) is 10.5 Å². The summed E-state index contributed by atoms with van der Waals surface area (Å²) in [5.41, 5.74) is 1.34. The predicted molar refractivity (Wildman–Crippen MR) is 139 cm³/mol. The Kier molecular flexibility index (Phi) is 6.94. The van der Waals surface area contributed by atoms with E-state index in [-0.39, 0.29) is 18.5 Å². The molecule has 7 nitrogen and oxygen atoms in total. The number of benzene rings is 3. The van der Waals surface area contributed by atoms with Crippen LogP contribution in [0, 0.1) is 0 Å². The molecule has 0 saturated carbocycles. The molecular formula is C29H33N3O4. The van der Waals surface area contributed by atoms with Crippen molar-refractivity contribution in [2.24, 2.45) is 0 Å². The second-order valence-electron chi connectivity index (χ2n) is 9.62. The molecule has 36 heavy (non-hydrogen) atoms. The van der Waals surface area contributed by atoms with Crippen LogP contribution in [0.3, 0.4) is 0 Å².